The van der Waals surface area contributed by atoms with Crippen LogP contribution >= 0.6 is 0 Å². The highest BCUT2D eigenvalue weighted by Crippen LogP contribution is 2.69. The van der Waals surface area contributed by atoms with E-state index in [1.54, 1.807) is 36.4 Å². The second-order valence-electron chi connectivity index (χ2n) is 8.52. The first-order valence-electron chi connectivity index (χ1n) is 9.54. The van der Waals surface area contributed by atoms with E-state index in [0.29, 0.717) is 23.0 Å². The number of aromatic hydroxyl groups is 4. The minimum absolute atomic E-state index is 0.0418. The zero-order valence-corrected chi connectivity index (χ0v) is 14.6. The Kier molecular flexibility index (Phi) is 3.25. The van der Waals surface area contributed by atoms with E-state index >= 15 is 0 Å². The van der Waals surface area contributed by atoms with Gasteiger partial charge >= 0.3 is 0 Å². The van der Waals surface area contributed by atoms with E-state index in [1.807, 2.05) is 0 Å². The summed E-state index contributed by atoms with van der Waals surface area (Å²) in [7, 11) is 0. The molecule has 0 heterocycles. The number of rotatable bonds is 2. The molecule has 0 unspecified atom stereocenters. The smallest absolute Gasteiger partial charge is 0.123 e. The number of phenolic OH excluding ortho intramolecular Hbond substituents is 4. The summed E-state index contributed by atoms with van der Waals surface area (Å²) in [4.78, 5) is 0. The summed E-state index contributed by atoms with van der Waals surface area (Å²) in [6, 6.07) is 9.64. The topological polar surface area (TPSA) is 80.9 Å². The van der Waals surface area contributed by atoms with Crippen molar-refractivity contribution in [3.63, 3.8) is 0 Å². The summed E-state index contributed by atoms with van der Waals surface area (Å²) in [6.45, 7) is 0. The fourth-order valence-electron chi connectivity index (χ4n) is 6.77. The Balaban J connectivity index is 1.86. The number of hydrogen-bond donors (Lipinski definition) is 4. The van der Waals surface area contributed by atoms with E-state index in [4.69, 9.17) is 0 Å². The molecular formula is C22H24O4. The Morgan fingerprint density at radius 1 is 0.577 bits per heavy atom. The average molecular weight is 352 g/mol. The molecule has 4 nitrogen and oxygen atoms in total. The zero-order chi connectivity index (χ0) is 18.1. The van der Waals surface area contributed by atoms with Crippen LogP contribution in [0.3, 0.4) is 0 Å². The predicted octanol–water partition coefficient (Wildman–Crippen LogP) is 4.25. The quantitative estimate of drug-likeness (QED) is 0.651. The molecule has 4 N–H and O–H groups in total. The molecule has 6 rings (SSSR count). The third-order valence-corrected chi connectivity index (χ3v) is 7.29. The Hall–Kier alpha value is -2.36. The van der Waals surface area contributed by atoms with Gasteiger partial charge in [-0.05, 0) is 80.0 Å². The lowest BCUT2D eigenvalue weighted by molar-refractivity contribution is -0.0450. The lowest BCUT2D eigenvalue weighted by Gasteiger charge is -2.61. The summed E-state index contributed by atoms with van der Waals surface area (Å²) in [5.74, 6) is 1.90. The molecule has 0 saturated heterocycles. The first kappa shape index (κ1) is 15.9. The zero-order valence-electron chi connectivity index (χ0n) is 14.6. The minimum Gasteiger partial charge on any atom is -0.507 e. The molecule has 0 amide bonds. The summed E-state index contributed by atoms with van der Waals surface area (Å²) in [5.41, 5.74) is 0.203. The van der Waals surface area contributed by atoms with Crippen LogP contribution in [0, 0.1) is 23.7 Å². The Morgan fingerprint density at radius 3 is 1.27 bits per heavy atom. The molecule has 4 fully saturated rings. The van der Waals surface area contributed by atoms with Gasteiger partial charge in [-0.1, -0.05) is 12.1 Å². The normalized spacial score (nSPS) is 31.2. The van der Waals surface area contributed by atoms with E-state index in [-0.39, 0.29) is 34.8 Å². The van der Waals surface area contributed by atoms with Crippen LogP contribution in [0.2, 0.25) is 0 Å². The molecular weight excluding hydrogens is 328 g/mol. The van der Waals surface area contributed by atoms with Crippen molar-refractivity contribution in [2.24, 2.45) is 23.7 Å². The van der Waals surface area contributed by atoms with Crippen LogP contribution < -0.4 is 0 Å². The highest BCUT2D eigenvalue weighted by Gasteiger charge is 2.61. The molecule has 4 bridgehead atoms. The van der Waals surface area contributed by atoms with Crippen molar-refractivity contribution in [2.75, 3.05) is 0 Å². The van der Waals surface area contributed by atoms with Gasteiger partial charge in [0.05, 0.1) is 0 Å². The van der Waals surface area contributed by atoms with Gasteiger partial charge in [-0.2, -0.15) is 0 Å². The fraction of sp³-hybridized carbons (Fsp3) is 0.455. The van der Waals surface area contributed by atoms with Crippen LogP contribution in [0.15, 0.2) is 36.4 Å². The average Bonchev–Trinajstić information content (AvgIpc) is 2.57. The Bertz CT molecular complexity index is 750. The second-order valence-corrected chi connectivity index (χ2v) is 8.52. The van der Waals surface area contributed by atoms with E-state index in [2.05, 4.69) is 0 Å². The summed E-state index contributed by atoms with van der Waals surface area (Å²) in [6.07, 6.45) is 5.30. The predicted molar refractivity (Wildman–Crippen MR) is 97.4 cm³/mol. The van der Waals surface area contributed by atoms with E-state index in [1.165, 1.54) is 6.42 Å². The van der Waals surface area contributed by atoms with Crippen molar-refractivity contribution in [1.29, 1.82) is 0 Å². The van der Waals surface area contributed by atoms with Gasteiger partial charge in [0, 0.05) is 16.5 Å². The molecule has 2 aromatic carbocycles. The van der Waals surface area contributed by atoms with Crippen molar-refractivity contribution >= 4 is 0 Å². The van der Waals surface area contributed by atoms with Gasteiger partial charge in [0.1, 0.15) is 23.0 Å². The van der Waals surface area contributed by atoms with E-state index < -0.39 is 5.41 Å². The number of phenols is 4. The highest BCUT2D eigenvalue weighted by molar-refractivity contribution is 5.62. The molecule has 4 saturated carbocycles. The van der Waals surface area contributed by atoms with Crippen molar-refractivity contribution in [1.82, 2.24) is 0 Å². The van der Waals surface area contributed by atoms with Gasteiger partial charge in [0.15, 0.2) is 0 Å². The first-order chi connectivity index (χ1) is 12.5. The fourth-order valence-corrected chi connectivity index (χ4v) is 6.77. The van der Waals surface area contributed by atoms with Crippen LogP contribution in [0.25, 0.3) is 0 Å². The molecule has 4 aliphatic carbocycles. The van der Waals surface area contributed by atoms with Gasteiger partial charge in [-0.3, -0.25) is 0 Å². The van der Waals surface area contributed by atoms with E-state index in [0.717, 1.165) is 25.7 Å². The molecule has 0 atom stereocenters. The molecule has 136 valence electrons. The minimum atomic E-state index is -0.752. The Labute approximate surface area is 152 Å². The SMILES string of the molecule is Oc1cccc(O)c1C1(c2c(O)cccc2O)C2CC3CC(C2)CC1C3. The Morgan fingerprint density at radius 2 is 0.923 bits per heavy atom. The standard InChI is InChI=1S/C22H24O4/c23-16-3-1-4-17(24)20(16)22(21-18(25)5-2-6-19(21)26)14-8-12-7-13(10-14)11-15(22)9-12/h1-6,12-15,23-26H,7-11H2. The van der Waals surface area contributed by atoms with Crippen molar-refractivity contribution in [2.45, 2.75) is 37.5 Å². The molecule has 0 aliphatic heterocycles. The number of benzene rings is 2. The van der Waals surface area contributed by atoms with Gasteiger partial charge in [-0.25, -0.2) is 0 Å². The second kappa shape index (κ2) is 5.32. The molecule has 0 radical (unpaired) electrons. The monoisotopic (exact) mass is 352 g/mol. The number of hydrogen-bond acceptors (Lipinski definition) is 4. The lowest BCUT2D eigenvalue weighted by atomic mass is 9.42. The summed E-state index contributed by atoms with van der Waals surface area (Å²) < 4.78 is 0. The van der Waals surface area contributed by atoms with Crippen LogP contribution in [0.4, 0.5) is 0 Å². The molecule has 0 aromatic heterocycles. The third kappa shape index (κ3) is 1.90. The molecule has 4 aliphatic rings. The van der Waals surface area contributed by atoms with Crippen LogP contribution in [0.5, 0.6) is 23.0 Å². The van der Waals surface area contributed by atoms with Crippen LogP contribution in [-0.2, 0) is 5.41 Å². The van der Waals surface area contributed by atoms with Gasteiger partial charge in [0.25, 0.3) is 0 Å². The summed E-state index contributed by atoms with van der Waals surface area (Å²) >= 11 is 0. The van der Waals surface area contributed by atoms with Crippen molar-refractivity contribution < 1.29 is 20.4 Å². The summed E-state index contributed by atoms with van der Waals surface area (Å²) in [5, 5.41) is 43.0. The van der Waals surface area contributed by atoms with Crippen molar-refractivity contribution in [3.05, 3.63) is 47.5 Å². The molecule has 26 heavy (non-hydrogen) atoms. The van der Waals surface area contributed by atoms with Gasteiger partial charge in [-0.15, -0.1) is 0 Å². The molecule has 4 heteroatoms. The maximum Gasteiger partial charge on any atom is 0.123 e. The maximum atomic E-state index is 10.8. The lowest BCUT2D eigenvalue weighted by Crippen LogP contribution is -2.56. The highest BCUT2D eigenvalue weighted by atomic mass is 16.3. The first-order valence-corrected chi connectivity index (χ1v) is 9.54. The van der Waals surface area contributed by atoms with Gasteiger partial charge < -0.3 is 20.4 Å². The maximum absolute atomic E-state index is 10.8. The third-order valence-electron chi connectivity index (χ3n) is 7.29. The molecule has 2 aromatic rings. The molecule has 0 spiro atoms. The van der Waals surface area contributed by atoms with Crippen LogP contribution in [0.1, 0.15) is 43.2 Å². The van der Waals surface area contributed by atoms with Crippen molar-refractivity contribution in [3.8, 4) is 23.0 Å². The van der Waals surface area contributed by atoms with Gasteiger partial charge in [0.2, 0.25) is 0 Å². The van der Waals surface area contributed by atoms with Crippen LogP contribution in [-0.4, -0.2) is 20.4 Å². The van der Waals surface area contributed by atoms with E-state index in [9.17, 15) is 20.4 Å². The largest absolute Gasteiger partial charge is 0.507 e.